The van der Waals surface area contributed by atoms with E-state index < -0.39 is 0 Å². The molecule has 2 amide bonds. The number of hydrogen-bond acceptors (Lipinski definition) is 3. The summed E-state index contributed by atoms with van der Waals surface area (Å²) in [5.41, 5.74) is 6.08. The summed E-state index contributed by atoms with van der Waals surface area (Å²) in [6, 6.07) is 5.37. The van der Waals surface area contributed by atoms with Crippen LogP contribution >= 0.6 is 0 Å². The van der Waals surface area contributed by atoms with Gasteiger partial charge in [-0.1, -0.05) is 0 Å². The number of nitrogens with two attached hydrogens (primary N) is 1. The molecule has 2 rings (SSSR count). The van der Waals surface area contributed by atoms with Crippen LogP contribution in [0.2, 0.25) is 0 Å². The van der Waals surface area contributed by atoms with Crippen LogP contribution in [0.25, 0.3) is 0 Å². The second-order valence-corrected chi connectivity index (χ2v) is 5.82. The smallest absolute Gasteiger partial charge is 0.251 e. The molecule has 0 bridgehead atoms. The number of hydrogen-bond donors (Lipinski definition) is 2. The molecule has 0 aromatic heterocycles. The lowest BCUT2D eigenvalue weighted by molar-refractivity contribution is -0.132. The summed E-state index contributed by atoms with van der Waals surface area (Å²) in [6.07, 6.45) is 1.79. The molecule has 1 aromatic carbocycles. The molecule has 1 fully saturated rings. The maximum absolute atomic E-state index is 12.8. The van der Waals surface area contributed by atoms with Crippen LogP contribution in [0.3, 0.4) is 0 Å². The predicted octanol–water partition coefficient (Wildman–Crippen LogP) is 1.28. The summed E-state index contributed by atoms with van der Waals surface area (Å²) in [5.74, 6) is -0.504. The molecule has 6 heteroatoms. The molecule has 1 aromatic rings. The number of halogens is 1. The Labute approximate surface area is 129 Å². The molecule has 1 heterocycles. The van der Waals surface area contributed by atoms with E-state index in [1.807, 2.05) is 6.92 Å². The maximum atomic E-state index is 12.8. The van der Waals surface area contributed by atoms with Crippen LogP contribution in [0.1, 0.15) is 36.5 Å². The maximum Gasteiger partial charge on any atom is 0.251 e. The van der Waals surface area contributed by atoms with Crippen molar-refractivity contribution in [1.29, 1.82) is 0 Å². The monoisotopic (exact) mass is 307 g/mol. The average Bonchev–Trinajstić information content (AvgIpc) is 2.48. The third-order valence-corrected chi connectivity index (χ3v) is 3.79. The van der Waals surface area contributed by atoms with E-state index in [0.717, 1.165) is 12.8 Å². The number of carbonyl (C=O) groups is 2. The van der Waals surface area contributed by atoms with Gasteiger partial charge in [0.05, 0.1) is 0 Å². The van der Waals surface area contributed by atoms with Crippen molar-refractivity contribution in [3.63, 3.8) is 0 Å². The first kappa shape index (κ1) is 16.4. The summed E-state index contributed by atoms with van der Waals surface area (Å²) < 4.78 is 12.8. The van der Waals surface area contributed by atoms with Gasteiger partial charge in [0.1, 0.15) is 5.82 Å². The van der Waals surface area contributed by atoms with Crippen molar-refractivity contribution in [2.75, 3.05) is 13.1 Å². The molecule has 1 aliphatic rings. The van der Waals surface area contributed by atoms with Crippen LogP contribution in [-0.4, -0.2) is 41.9 Å². The lowest BCUT2D eigenvalue weighted by Crippen LogP contribution is -2.47. The Balaban J connectivity index is 1.81. The Morgan fingerprint density at radius 1 is 1.32 bits per heavy atom. The van der Waals surface area contributed by atoms with Gasteiger partial charge in [-0.15, -0.1) is 0 Å². The average molecular weight is 307 g/mol. The summed E-state index contributed by atoms with van der Waals surface area (Å²) >= 11 is 0. The van der Waals surface area contributed by atoms with E-state index in [2.05, 4.69) is 5.32 Å². The summed E-state index contributed by atoms with van der Waals surface area (Å²) in [6.45, 7) is 3.06. The summed E-state index contributed by atoms with van der Waals surface area (Å²) in [4.78, 5) is 25.8. The predicted molar refractivity (Wildman–Crippen MR) is 81.7 cm³/mol. The zero-order chi connectivity index (χ0) is 16.1. The Bertz CT molecular complexity index is 523. The van der Waals surface area contributed by atoms with Crippen molar-refractivity contribution in [1.82, 2.24) is 10.2 Å². The molecule has 1 atom stereocenters. The standard InChI is InChI=1S/C16H22FN3O2/c1-11(18)10-15(21)20-8-6-14(7-9-20)19-16(22)12-2-4-13(17)5-3-12/h2-5,11,14H,6-10,18H2,1H3,(H,19,22). The lowest BCUT2D eigenvalue weighted by atomic mass is 10.0. The molecule has 0 saturated carbocycles. The van der Waals surface area contributed by atoms with E-state index in [9.17, 15) is 14.0 Å². The number of nitrogens with zero attached hydrogens (tertiary/aromatic N) is 1. The van der Waals surface area contributed by atoms with Gasteiger partial charge in [0, 0.05) is 37.2 Å². The van der Waals surface area contributed by atoms with Crippen molar-refractivity contribution in [3.05, 3.63) is 35.6 Å². The highest BCUT2D eigenvalue weighted by Gasteiger charge is 2.24. The lowest BCUT2D eigenvalue weighted by Gasteiger charge is -2.32. The SMILES string of the molecule is CC(N)CC(=O)N1CCC(NC(=O)c2ccc(F)cc2)CC1. The molecular formula is C16H22FN3O2. The zero-order valence-corrected chi connectivity index (χ0v) is 12.7. The van der Waals surface area contributed by atoms with Crippen molar-refractivity contribution in [2.45, 2.75) is 38.3 Å². The number of benzene rings is 1. The Morgan fingerprint density at radius 2 is 1.91 bits per heavy atom. The third-order valence-electron chi connectivity index (χ3n) is 3.79. The molecule has 22 heavy (non-hydrogen) atoms. The van der Waals surface area contributed by atoms with Crippen molar-refractivity contribution >= 4 is 11.8 Å². The van der Waals surface area contributed by atoms with E-state index in [1.165, 1.54) is 24.3 Å². The minimum atomic E-state index is -0.363. The second kappa shape index (κ2) is 7.35. The Kier molecular flexibility index (Phi) is 5.49. The van der Waals surface area contributed by atoms with E-state index in [0.29, 0.717) is 25.1 Å². The fourth-order valence-corrected chi connectivity index (χ4v) is 2.55. The molecule has 1 saturated heterocycles. The molecule has 120 valence electrons. The van der Waals surface area contributed by atoms with Gasteiger partial charge >= 0.3 is 0 Å². The van der Waals surface area contributed by atoms with Crippen LogP contribution < -0.4 is 11.1 Å². The van der Waals surface area contributed by atoms with Gasteiger partial charge in [-0.2, -0.15) is 0 Å². The number of likely N-dealkylation sites (tertiary alicyclic amines) is 1. The molecular weight excluding hydrogens is 285 g/mol. The molecule has 0 aliphatic carbocycles. The number of rotatable bonds is 4. The number of piperidine rings is 1. The summed E-state index contributed by atoms with van der Waals surface area (Å²) in [7, 11) is 0. The highest BCUT2D eigenvalue weighted by Crippen LogP contribution is 2.13. The fraction of sp³-hybridized carbons (Fsp3) is 0.500. The first-order valence-corrected chi connectivity index (χ1v) is 7.55. The molecule has 0 radical (unpaired) electrons. The summed E-state index contributed by atoms with van der Waals surface area (Å²) in [5, 5.41) is 2.93. The highest BCUT2D eigenvalue weighted by atomic mass is 19.1. The number of nitrogens with one attached hydrogen (secondary N) is 1. The molecule has 1 unspecified atom stereocenters. The number of carbonyl (C=O) groups excluding carboxylic acids is 2. The first-order chi connectivity index (χ1) is 10.5. The van der Waals surface area contributed by atoms with Gasteiger partial charge in [0.2, 0.25) is 5.91 Å². The minimum absolute atomic E-state index is 0.0388. The van der Waals surface area contributed by atoms with Gasteiger partial charge in [-0.25, -0.2) is 4.39 Å². The van der Waals surface area contributed by atoms with Gasteiger partial charge in [0.15, 0.2) is 0 Å². The van der Waals surface area contributed by atoms with Crippen LogP contribution in [0.4, 0.5) is 4.39 Å². The van der Waals surface area contributed by atoms with Gasteiger partial charge < -0.3 is 16.0 Å². The normalized spacial score (nSPS) is 17.1. The van der Waals surface area contributed by atoms with E-state index >= 15 is 0 Å². The zero-order valence-electron chi connectivity index (χ0n) is 12.7. The van der Waals surface area contributed by atoms with Crippen LogP contribution in [0.5, 0.6) is 0 Å². The fourth-order valence-electron chi connectivity index (χ4n) is 2.55. The van der Waals surface area contributed by atoms with Crippen molar-refractivity contribution in [2.24, 2.45) is 5.73 Å². The van der Waals surface area contributed by atoms with Crippen LogP contribution in [0, 0.1) is 5.82 Å². The quantitative estimate of drug-likeness (QED) is 0.880. The Hall–Kier alpha value is -1.95. The third kappa shape index (κ3) is 4.53. The Morgan fingerprint density at radius 3 is 2.45 bits per heavy atom. The van der Waals surface area contributed by atoms with Gasteiger partial charge in [0.25, 0.3) is 5.91 Å². The minimum Gasteiger partial charge on any atom is -0.349 e. The van der Waals surface area contributed by atoms with E-state index in [4.69, 9.17) is 5.73 Å². The van der Waals surface area contributed by atoms with Crippen LogP contribution in [-0.2, 0) is 4.79 Å². The van der Waals surface area contributed by atoms with Gasteiger partial charge in [-0.05, 0) is 44.0 Å². The van der Waals surface area contributed by atoms with E-state index in [-0.39, 0.29) is 29.7 Å². The topological polar surface area (TPSA) is 75.4 Å². The van der Waals surface area contributed by atoms with E-state index in [1.54, 1.807) is 4.90 Å². The van der Waals surface area contributed by atoms with Gasteiger partial charge in [-0.3, -0.25) is 9.59 Å². The van der Waals surface area contributed by atoms with Crippen molar-refractivity contribution < 1.29 is 14.0 Å². The largest absolute Gasteiger partial charge is 0.349 e. The molecule has 1 aliphatic heterocycles. The molecule has 0 spiro atoms. The first-order valence-electron chi connectivity index (χ1n) is 7.55. The molecule has 3 N–H and O–H groups in total. The highest BCUT2D eigenvalue weighted by molar-refractivity contribution is 5.94. The van der Waals surface area contributed by atoms with Crippen LogP contribution in [0.15, 0.2) is 24.3 Å². The van der Waals surface area contributed by atoms with Crippen molar-refractivity contribution in [3.8, 4) is 0 Å². The second-order valence-electron chi connectivity index (χ2n) is 5.82. The molecule has 5 nitrogen and oxygen atoms in total. The number of amides is 2.